The smallest absolute Gasteiger partial charge is 0.415 e. The molecule has 0 aliphatic rings. The number of allylic oxidation sites excluding steroid dienone is 1. The zero-order valence-electron chi connectivity index (χ0n) is 19.7. The van der Waals surface area contributed by atoms with E-state index in [9.17, 15) is 4.79 Å². The minimum atomic E-state index is -0.612. The SMILES string of the molecule is C=CCCn1cc(-c2nc(Nc3cccc(N(CC=C)C(=O)OC(C)(C)C)c3)ncc2Cl)cn1. The molecule has 3 aromatic rings. The van der Waals surface area contributed by atoms with Crippen LogP contribution in [0.5, 0.6) is 0 Å². The normalized spacial score (nSPS) is 11.1. The fraction of sp³-hybridized carbons (Fsp3) is 0.280. The zero-order valence-corrected chi connectivity index (χ0v) is 20.4. The minimum absolute atomic E-state index is 0.301. The quantitative estimate of drug-likeness (QED) is 0.365. The monoisotopic (exact) mass is 480 g/mol. The maximum Gasteiger partial charge on any atom is 0.415 e. The van der Waals surface area contributed by atoms with Gasteiger partial charge in [-0.3, -0.25) is 9.58 Å². The van der Waals surface area contributed by atoms with Crippen LogP contribution < -0.4 is 10.2 Å². The second-order valence-corrected chi connectivity index (χ2v) is 8.92. The lowest BCUT2D eigenvalue weighted by Gasteiger charge is -2.27. The molecule has 2 aromatic heterocycles. The Morgan fingerprint density at radius 1 is 1.26 bits per heavy atom. The summed E-state index contributed by atoms with van der Waals surface area (Å²) in [6.07, 6.45) is 8.99. The van der Waals surface area contributed by atoms with Crippen LogP contribution in [0.1, 0.15) is 27.2 Å². The summed E-state index contributed by atoms with van der Waals surface area (Å²) in [5.41, 5.74) is 2.10. The summed E-state index contributed by atoms with van der Waals surface area (Å²) in [7, 11) is 0. The van der Waals surface area contributed by atoms with Gasteiger partial charge >= 0.3 is 6.09 Å². The van der Waals surface area contributed by atoms with Gasteiger partial charge in [0.1, 0.15) is 5.60 Å². The van der Waals surface area contributed by atoms with Crippen molar-refractivity contribution in [1.82, 2.24) is 19.7 Å². The van der Waals surface area contributed by atoms with Crippen molar-refractivity contribution in [2.75, 3.05) is 16.8 Å². The van der Waals surface area contributed by atoms with Gasteiger partial charge in [-0.2, -0.15) is 5.10 Å². The molecule has 0 atom stereocenters. The summed E-state index contributed by atoms with van der Waals surface area (Å²) in [5.74, 6) is 0.364. The van der Waals surface area contributed by atoms with Crippen molar-refractivity contribution >= 4 is 35.0 Å². The largest absolute Gasteiger partial charge is 0.443 e. The molecule has 34 heavy (non-hydrogen) atoms. The van der Waals surface area contributed by atoms with Crippen molar-refractivity contribution in [3.05, 3.63) is 73.2 Å². The Labute approximate surface area is 204 Å². The third-order valence-electron chi connectivity index (χ3n) is 4.55. The molecule has 2 heterocycles. The van der Waals surface area contributed by atoms with Gasteiger partial charge in [-0.1, -0.05) is 29.8 Å². The van der Waals surface area contributed by atoms with Crippen molar-refractivity contribution in [2.45, 2.75) is 39.3 Å². The number of ether oxygens (including phenoxy) is 1. The van der Waals surface area contributed by atoms with E-state index in [4.69, 9.17) is 16.3 Å². The number of aryl methyl sites for hydroxylation is 1. The predicted octanol–water partition coefficient (Wildman–Crippen LogP) is 6.24. The number of halogens is 1. The second kappa shape index (κ2) is 11.0. The molecule has 0 saturated carbocycles. The van der Waals surface area contributed by atoms with E-state index in [2.05, 4.69) is 33.5 Å². The number of hydrogen-bond donors (Lipinski definition) is 1. The highest BCUT2D eigenvalue weighted by molar-refractivity contribution is 6.32. The summed E-state index contributed by atoms with van der Waals surface area (Å²) in [5, 5.41) is 7.95. The Bertz CT molecular complexity index is 1170. The summed E-state index contributed by atoms with van der Waals surface area (Å²) in [6, 6.07) is 7.33. The lowest BCUT2D eigenvalue weighted by molar-refractivity contribution is 0.0584. The highest BCUT2D eigenvalue weighted by atomic mass is 35.5. The molecule has 0 bridgehead atoms. The summed E-state index contributed by atoms with van der Waals surface area (Å²) >= 11 is 6.36. The third kappa shape index (κ3) is 6.68. The van der Waals surface area contributed by atoms with E-state index in [1.165, 1.54) is 4.90 Å². The van der Waals surface area contributed by atoms with E-state index >= 15 is 0 Å². The van der Waals surface area contributed by atoms with E-state index in [1.54, 1.807) is 18.5 Å². The molecular weight excluding hydrogens is 452 g/mol. The van der Waals surface area contributed by atoms with Crippen LogP contribution >= 0.6 is 11.6 Å². The Kier molecular flexibility index (Phi) is 8.07. The minimum Gasteiger partial charge on any atom is -0.443 e. The Morgan fingerprint density at radius 3 is 2.76 bits per heavy atom. The topological polar surface area (TPSA) is 85.2 Å². The van der Waals surface area contributed by atoms with E-state index in [0.29, 0.717) is 34.6 Å². The van der Waals surface area contributed by atoms with Crippen LogP contribution in [0.25, 0.3) is 11.3 Å². The number of anilines is 3. The molecule has 178 valence electrons. The van der Waals surface area contributed by atoms with Crippen LogP contribution in [0.15, 0.2) is 68.2 Å². The van der Waals surface area contributed by atoms with Crippen LogP contribution in [0.2, 0.25) is 5.02 Å². The van der Waals surface area contributed by atoms with Gasteiger partial charge in [0, 0.05) is 36.2 Å². The first-order valence-corrected chi connectivity index (χ1v) is 11.2. The number of carbonyl (C=O) groups excluding carboxylic acids is 1. The Hall–Kier alpha value is -3.65. The summed E-state index contributed by atoms with van der Waals surface area (Å²) in [4.78, 5) is 23.1. The molecule has 3 rings (SSSR count). The lowest BCUT2D eigenvalue weighted by Crippen LogP contribution is -2.37. The molecule has 1 aromatic carbocycles. The molecule has 0 aliphatic heterocycles. The number of rotatable bonds is 9. The van der Waals surface area contributed by atoms with Gasteiger partial charge in [0.2, 0.25) is 5.95 Å². The maximum absolute atomic E-state index is 12.7. The van der Waals surface area contributed by atoms with Crippen LogP contribution in [-0.2, 0) is 11.3 Å². The predicted molar refractivity (Wildman–Crippen MR) is 137 cm³/mol. The molecule has 9 heteroatoms. The molecular formula is C25H29ClN6O2. The first-order chi connectivity index (χ1) is 16.2. The molecule has 0 unspecified atom stereocenters. The van der Waals surface area contributed by atoms with Crippen LogP contribution in [0, 0.1) is 0 Å². The van der Waals surface area contributed by atoms with E-state index < -0.39 is 11.7 Å². The van der Waals surface area contributed by atoms with Gasteiger partial charge in [-0.25, -0.2) is 14.8 Å². The third-order valence-corrected chi connectivity index (χ3v) is 4.83. The number of carbonyl (C=O) groups is 1. The van der Waals surface area contributed by atoms with Crippen LogP contribution in [0.4, 0.5) is 22.1 Å². The number of aromatic nitrogens is 4. The standard InChI is InChI=1S/C25H29ClN6O2/c1-6-8-13-31-17-18(15-28-31)22-21(26)16-27-23(30-22)29-19-10-9-11-20(14-19)32(12-7-2)24(33)34-25(3,4)5/h6-7,9-11,14-17H,1-2,8,12-13H2,3-5H3,(H,27,29,30). The maximum atomic E-state index is 12.7. The van der Waals surface area contributed by atoms with E-state index in [0.717, 1.165) is 18.5 Å². The fourth-order valence-corrected chi connectivity index (χ4v) is 3.27. The van der Waals surface area contributed by atoms with Gasteiger partial charge in [0.05, 0.1) is 23.1 Å². The second-order valence-electron chi connectivity index (χ2n) is 8.51. The van der Waals surface area contributed by atoms with Crippen molar-refractivity contribution < 1.29 is 9.53 Å². The Balaban J connectivity index is 1.83. The van der Waals surface area contributed by atoms with Gasteiger partial charge in [0.15, 0.2) is 0 Å². The molecule has 1 N–H and O–H groups in total. The first kappa shape index (κ1) is 25.0. The fourth-order valence-electron chi connectivity index (χ4n) is 3.07. The molecule has 0 fully saturated rings. The highest BCUT2D eigenvalue weighted by Gasteiger charge is 2.23. The molecule has 0 radical (unpaired) electrons. The molecule has 8 nitrogen and oxygen atoms in total. The molecule has 0 spiro atoms. The first-order valence-electron chi connectivity index (χ1n) is 10.8. The van der Waals surface area contributed by atoms with Crippen LogP contribution in [-0.4, -0.2) is 38.0 Å². The lowest BCUT2D eigenvalue weighted by atomic mass is 10.2. The number of amides is 1. The number of nitrogens with one attached hydrogen (secondary N) is 1. The van der Waals surface area contributed by atoms with Crippen molar-refractivity contribution in [2.24, 2.45) is 0 Å². The highest BCUT2D eigenvalue weighted by Crippen LogP contribution is 2.28. The van der Waals surface area contributed by atoms with Crippen LogP contribution in [0.3, 0.4) is 0 Å². The van der Waals surface area contributed by atoms with Crippen molar-refractivity contribution in [1.29, 1.82) is 0 Å². The zero-order chi connectivity index (χ0) is 24.7. The van der Waals surface area contributed by atoms with Crippen molar-refractivity contribution in [3.8, 4) is 11.3 Å². The van der Waals surface area contributed by atoms with E-state index in [-0.39, 0.29) is 0 Å². The molecule has 0 aliphatic carbocycles. The van der Waals surface area contributed by atoms with Crippen molar-refractivity contribution in [3.63, 3.8) is 0 Å². The average Bonchev–Trinajstić information content (AvgIpc) is 3.25. The Morgan fingerprint density at radius 2 is 2.06 bits per heavy atom. The molecule has 1 amide bonds. The van der Waals surface area contributed by atoms with Gasteiger partial charge < -0.3 is 10.1 Å². The number of hydrogen-bond acceptors (Lipinski definition) is 6. The molecule has 0 saturated heterocycles. The van der Waals surface area contributed by atoms with E-state index in [1.807, 2.05) is 62.0 Å². The summed E-state index contributed by atoms with van der Waals surface area (Å²) in [6.45, 7) is 14.0. The summed E-state index contributed by atoms with van der Waals surface area (Å²) < 4.78 is 7.35. The average molecular weight is 481 g/mol. The van der Waals surface area contributed by atoms with Gasteiger partial charge in [-0.05, 0) is 45.4 Å². The number of benzene rings is 1. The van der Waals surface area contributed by atoms with Gasteiger partial charge in [0.25, 0.3) is 0 Å². The van der Waals surface area contributed by atoms with Gasteiger partial charge in [-0.15, -0.1) is 13.2 Å². The number of nitrogens with zero attached hydrogens (tertiary/aromatic N) is 5.